The van der Waals surface area contributed by atoms with E-state index in [1.807, 2.05) is 37.3 Å². The van der Waals surface area contributed by atoms with Gasteiger partial charge in [-0.3, -0.25) is 4.98 Å². The number of ether oxygens (including phenoxy) is 1. The van der Waals surface area contributed by atoms with E-state index in [9.17, 15) is 0 Å². The summed E-state index contributed by atoms with van der Waals surface area (Å²) in [5.74, 6) is 0.854. The fraction of sp³-hybridized carbons (Fsp3) is 0.267. The van der Waals surface area contributed by atoms with Crippen LogP contribution in [0.25, 0.3) is 0 Å². The van der Waals surface area contributed by atoms with Crippen LogP contribution >= 0.6 is 15.9 Å². The summed E-state index contributed by atoms with van der Waals surface area (Å²) in [6.45, 7) is 2.59. The van der Waals surface area contributed by atoms with Gasteiger partial charge < -0.3 is 10.5 Å². The van der Waals surface area contributed by atoms with Crippen molar-refractivity contribution in [2.45, 2.75) is 19.4 Å². The molecule has 0 saturated carbocycles. The summed E-state index contributed by atoms with van der Waals surface area (Å²) in [5, 5.41) is 0. The second-order valence-electron chi connectivity index (χ2n) is 4.42. The van der Waals surface area contributed by atoms with Crippen LogP contribution in [0.5, 0.6) is 5.75 Å². The fourth-order valence-corrected chi connectivity index (χ4v) is 2.21. The van der Waals surface area contributed by atoms with Gasteiger partial charge in [-0.05, 0) is 42.8 Å². The van der Waals surface area contributed by atoms with Crippen LogP contribution in [0.1, 0.15) is 24.1 Å². The van der Waals surface area contributed by atoms with Crippen LogP contribution in [-0.4, -0.2) is 11.6 Å². The SMILES string of the molecule is C[C@@H](N)c1cc(Br)ccc1OCCc1ccncc1. The summed E-state index contributed by atoms with van der Waals surface area (Å²) in [4.78, 5) is 4.00. The summed E-state index contributed by atoms with van der Waals surface area (Å²) in [5.41, 5.74) is 8.19. The molecule has 1 aromatic heterocycles. The number of aromatic nitrogens is 1. The molecular formula is C15H17BrN2O. The minimum absolute atomic E-state index is 0.0478. The van der Waals surface area contributed by atoms with Gasteiger partial charge in [0, 0.05) is 34.9 Å². The first-order chi connectivity index (χ1) is 9.16. The van der Waals surface area contributed by atoms with Crippen LogP contribution < -0.4 is 10.5 Å². The normalized spacial score (nSPS) is 12.2. The molecule has 0 saturated heterocycles. The van der Waals surface area contributed by atoms with Crippen LogP contribution in [0.2, 0.25) is 0 Å². The van der Waals surface area contributed by atoms with E-state index in [0.29, 0.717) is 6.61 Å². The van der Waals surface area contributed by atoms with Gasteiger partial charge in [-0.1, -0.05) is 15.9 Å². The Morgan fingerprint density at radius 2 is 2.00 bits per heavy atom. The maximum atomic E-state index is 5.96. The highest BCUT2D eigenvalue weighted by Gasteiger charge is 2.08. The van der Waals surface area contributed by atoms with E-state index in [-0.39, 0.29) is 6.04 Å². The van der Waals surface area contributed by atoms with Gasteiger partial charge in [-0.15, -0.1) is 0 Å². The molecule has 1 heterocycles. The largest absolute Gasteiger partial charge is 0.493 e. The quantitative estimate of drug-likeness (QED) is 0.917. The van der Waals surface area contributed by atoms with Crippen molar-refractivity contribution in [2.75, 3.05) is 6.61 Å². The van der Waals surface area contributed by atoms with Gasteiger partial charge in [0.2, 0.25) is 0 Å². The van der Waals surface area contributed by atoms with Crippen molar-refractivity contribution in [3.8, 4) is 5.75 Å². The average molecular weight is 321 g/mol. The molecule has 19 heavy (non-hydrogen) atoms. The zero-order valence-electron chi connectivity index (χ0n) is 10.8. The molecule has 3 nitrogen and oxygen atoms in total. The molecule has 2 rings (SSSR count). The number of hydrogen-bond donors (Lipinski definition) is 1. The molecule has 0 amide bonds. The van der Waals surface area contributed by atoms with Crippen molar-refractivity contribution in [1.82, 2.24) is 4.98 Å². The number of nitrogens with zero attached hydrogens (tertiary/aromatic N) is 1. The maximum absolute atomic E-state index is 5.96. The molecule has 4 heteroatoms. The fourth-order valence-electron chi connectivity index (χ4n) is 1.83. The average Bonchev–Trinajstić information content (AvgIpc) is 2.41. The Morgan fingerprint density at radius 1 is 1.26 bits per heavy atom. The Kier molecular flexibility index (Phi) is 4.93. The first-order valence-corrected chi connectivity index (χ1v) is 7.03. The predicted octanol–water partition coefficient (Wildman–Crippen LogP) is 3.49. The lowest BCUT2D eigenvalue weighted by Crippen LogP contribution is -2.09. The summed E-state index contributed by atoms with van der Waals surface area (Å²) in [6.07, 6.45) is 4.45. The topological polar surface area (TPSA) is 48.1 Å². The molecule has 100 valence electrons. The van der Waals surface area contributed by atoms with Crippen molar-refractivity contribution in [3.05, 3.63) is 58.3 Å². The lowest BCUT2D eigenvalue weighted by atomic mass is 10.1. The molecule has 0 fully saturated rings. The van der Waals surface area contributed by atoms with E-state index in [1.54, 1.807) is 12.4 Å². The zero-order chi connectivity index (χ0) is 13.7. The Balaban J connectivity index is 2.00. The van der Waals surface area contributed by atoms with Crippen molar-refractivity contribution in [3.63, 3.8) is 0 Å². The molecule has 1 atom stereocenters. The Hall–Kier alpha value is -1.39. The summed E-state index contributed by atoms with van der Waals surface area (Å²) in [7, 11) is 0. The minimum atomic E-state index is -0.0478. The lowest BCUT2D eigenvalue weighted by Gasteiger charge is -2.14. The first-order valence-electron chi connectivity index (χ1n) is 6.23. The Morgan fingerprint density at radius 3 is 2.68 bits per heavy atom. The first kappa shape index (κ1) is 14.0. The highest BCUT2D eigenvalue weighted by Crippen LogP contribution is 2.27. The molecular weight excluding hydrogens is 304 g/mol. The van der Waals surface area contributed by atoms with Crippen LogP contribution in [-0.2, 0) is 6.42 Å². The number of hydrogen-bond acceptors (Lipinski definition) is 3. The molecule has 0 radical (unpaired) electrons. The zero-order valence-corrected chi connectivity index (χ0v) is 12.4. The minimum Gasteiger partial charge on any atom is -0.493 e. The van der Waals surface area contributed by atoms with Gasteiger partial charge in [-0.2, -0.15) is 0 Å². The smallest absolute Gasteiger partial charge is 0.124 e. The van der Waals surface area contributed by atoms with Crippen molar-refractivity contribution in [1.29, 1.82) is 0 Å². The Labute approximate surface area is 121 Å². The number of rotatable bonds is 5. The third-order valence-electron chi connectivity index (χ3n) is 2.86. The number of halogens is 1. The highest BCUT2D eigenvalue weighted by molar-refractivity contribution is 9.10. The van der Waals surface area contributed by atoms with E-state index in [2.05, 4.69) is 20.9 Å². The van der Waals surface area contributed by atoms with Crippen LogP contribution in [0, 0.1) is 0 Å². The Bertz CT molecular complexity index is 529. The molecule has 0 aliphatic heterocycles. The monoisotopic (exact) mass is 320 g/mol. The van der Waals surface area contributed by atoms with Crippen molar-refractivity contribution in [2.24, 2.45) is 5.73 Å². The van der Waals surface area contributed by atoms with Gasteiger partial charge in [0.1, 0.15) is 5.75 Å². The molecule has 0 aliphatic rings. The van der Waals surface area contributed by atoms with E-state index >= 15 is 0 Å². The molecule has 0 bridgehead atoms. The van der Waals surface area contributed by atoms with Crippen molar-refractivity contribution >= 4 is 15.9 Å². The third-order valence-corrected chi connectivity index (χ3v) is 3.35. The van der Waals surface area contributed by atoms with Gasteiger partial charge in [0.15, 0.2) is 0 Å². The van der Waals surface area contributed by atoms with Crippen LogP contribution in [0.4, 0.5) is 0 Å². The van der Waals surface area contributed by atoms with E-state index in [0.717, 1.165) is 22.2 Å². The molecule has 0 aliphatic carbocycles. The number of nitrogens with two attached hydrogens (primary N) is 1. The van der Waals surface area contributed by atoms with E-state index in [4.69, 9.17) is 10.5 Å². The predicted molar refractivity (Wildman–Crippen MR) is 80.2 cm³/mol. The molecule has 2 aromatic rings. The van der Waals surface area contributed by atoms with E-state index in [1.165, 1.54) is 5.56 Å². The standard InChI is InChI=1S/C15H17BrN2O/c1-11(17)14-10-13(16)2-3-15(14)19-9-6-12-4-7-18-8-5-12/h2-5,7-8,10-11H,6,9,17H2,1H3/t11-/m1/s1. The molecule has 0 spiro atoms. The van der Waals surface area contributed by atoms with Crippen molar-refractivity contribution < 1.29 is 4.74 Å². The molecule has 2 N–H and O–H groups in total. The van der Waals surface area contributed by atoms with Gasteiger partial charge in [0.25, 0.3) is 0 Å². The summed E-state index contributed by atoms with van der Waals surface area (Å²) >= 11 is 3.45. The van der Waals surface area contributed by atoms with Crippen LogP contribution in [0.15, 0.2) is 47.2 Å². The summed E-state index contributed by atoms with van der Waals surface area (Å²) < 4.78 is 6.85. The van der Waals surface area contributed by atoms with Gasteiger partial charge >= 0.3 is 0 Å². The van der Waals surface area contributed by atoms with E-state index < -0.39 is 0 Å². The number of benzene rings is 1. The lowest BCUT2D eigenvalue weighted by molar-refractivity contribution is 0.317. The maximum Gasteiger partial charge on any atom is 0.124 e. The number of pyridine rings is 1. The highest BCUT2D eigenvalue weighted by atomic mass is 79.9. The molecule has 1 aromatic carbocycles. The summed E-state index contributed by atoms with van der Waals surface area (Å²) in [6, 6.07) is 9.87. The van der Waals surface area contributed by atoms with Gasteiger partial charge in [0.05, 0.1) is 6.61 Å². The molecule has 0 unspecified atom stereocenters. The van der Waals surface area contributed by atoms with Crippen LogP contribution in [0.3, 0.4) is 0 Å². The second-order valence-corrected chi connectivity index (χ2v) is 5.34. The van der Waals surface area contributed by atoms with Gasteiger partial charge in [-0.25, -0.2) is 0 Å². The second kappa shape index (κ2) is 6.68. The third kappa shape index (κ3) is 4.04.